The Morgan fingerprint density at radius 2 is 2.06 bits per heavy atom. The van der Waals surface area contributed by atoms with Crippen LogP contribution in [0.2, 0.25) is 0 Å². The molecule has 0 aromatic carbocycles. The van der Waals surface area contributed by atoms with E-state index in [1.54, 1.807) is 0 Å². The van der Waals surface area contributed by atoms with Crippen molar-refractivity contribution >= 4 is 10.0 Å². The number of halogens is 1. The number of hydrogen-bond donors (Lipinski definition) is 1. The van der Waals surface area contributed by atoms with Gasteiger partial charge in [-0.3, -0.25) is 4.98 Å². The average molecular weight is 271 g/mol. The summed E-state index contributed by atoms with van der Waals surface area (Å²) in [5, 5.41) is 0. The summed E-state index contributed by atoms with van der Waals surface area (Å²) in [6, 6.07) is 0.982. The third kappa shape index (κ3) is 1.82. The lowest BCUT2D eigenvalue weighted by Crippen LogP contribution is -2.69. The fourth-order valence-electron chi connectivity index (χ4n) is 2.38. The van der Waals surface area contributed by atoms with Crippen LogP contribution in [-0.2, 0) is 10.0 Å². The van der Waals surface area contributed by atoms with Crippen LogP contribution in [0, 0.1) is 11.7 Å². The molecule has 1 saturated carbocycles. The number of aromatic nitrogens is 1. The molecule has 2 N–H and O–H groups in total. The van der Waals surface area contributed by atoms with E-state index in [-0.39, 0.29) is 10.4 Å². The van der Waals surface area contributed by atoms with Gasteiger partial charge >= 0.3 is 0 Å². The van der Waals surface area contributed by atoms with Gasteiger partial charge in [-0.05, 0) is 24.8 Å². The number of nitrogens with zero attached hydrogens (tertiary/aromatic N) is 2. The van der Waals surface area contributed by atoms with Crippen molar-refractivity contribution in [2.24, 2.45) is 11.7 Å². The molecule has 2 fully saturated rings. The molecule has 5 nitrogen and oxygen atoms in total. The molecule has 98 valence electrons. The molecule has 1 aromatic rings. The van der Waals surface area contributed by atoms with E-state index in [0.29, 0.717) is 19.0 Å². The van der Waals surface area contributed by atoms with Gasteiger partial charge in [-0.2, -0.15) is 4.31 Å². The first-order chi connectivity index (χ1) is 8.42. The van der Waals surface area contributed by atoms with Crippen LogP contribution in [0.3, 0.4) is 0 Å². The van der Waals surface area contributed by atoms with E-state index in [1.165, 1.54) is 4.31 Å². The molecule has 0 amide bonds. The lowest BCUT2D eigenvalue weighted by atomic mass is 9.88. The first kappa shape index (κ1) is 12.0. The molecule has 1 aromatic heterocycles. The highest BCUT2D eigenvalue weighted by Gasteiger charge is 2.53. The third-order valence-corrected chi connectivity index (χ3v) is 5.41. The predicted octanol–water partition coefficient (Wildman–Crippen LogP) is 0.332. The Kier molecular flexibility index (Phi) is 2.48. The van der Waals surface area contributed by atoms with Crippen LogP contribution in [0.1, 0.15) is 12.8 Å². The van der Waals surface area contributed by atoms with Crippen molar-refractivity contribution in [3.05, 3.63) is 24.3 Å². The van der Waals surface area contributed by atoms with Gasteiger partial charge in [0.2, 0.25) is 10.0 Å². The van der Waals surface area contributed by atoms with Gasteiger partial charge in [0, 0.05) is 24.8 Å². The second-order valence-corrected chi connectivity index (χ2v) is 7.06. The lowest BCUT2D eigenvalue weighted by molar-refractivity contribution is 0.135. The smallest absolute Gasteiger partial charge is 0.244 e. The zero-order valence-corrected chi connectivity index (χ0v) is 10.5. The zero-order chi connectivity index (χ0) is 13.0. The molecule has 3 rings (SSSR count). The van der Waals surface area contributed by atoms with Gasteiger partial charge in [0.25, 0.3) is 0 Å². The Balaban J connectivity index is 1.80. The molecule has 1 saturated heterocycles. The normalized spacial score (nSPS) is 23.7. The van der Waals surface area contributed by atoms with E-state index < -0.39 is 15.8 Å². The van der Waals surface area contributed by atoms with Gasteiger partial charge in [-0.15, -0.1) is 0 Å². The van der Waals surface area contributed by atoms with E-state index >= 15 is 0 Å². The second-order valence-electron chi connectivity index (χ2n) is 5.12. The number of hydrogen-bond acceptors (Lipinski definition) is 4. The molecule has 7 heteroatoms. The molecule has 0 unspecified atom stereocenters. The monoisotopic (exact) mass is 271 g/mol. The van der Waals surface area contributed by atoms with Crippen LogP contribution in [-0.4, -0.2) is 36.3 Å². The van der Waals surface area contributed by atoms with Crippen LogP contribution >= 0.6 is 0 Å². The number of nitrogens with two attached hydrogens (primary N) is 1. The van der Waals surface area contributed by atoms with Crippen molar-refractivity contribution < 1.29 is 12.8 Å². The summed E-state index contributed by atoms with van der Waals surface area (Å²) in [6.07, 6.45) is 4.29. The standard InChI is InChI=1S/C11H14FN3O2S/c12-9-3-10(5-14-4-9)18(16,17)15-6-11(13,7-15)8-1-2-8/h3-5,8H,1-2,6-7,13H2. The summed E-state index contributed by atoms with van der Waals surface area (Å²) in [6.45, 7) is 0.632. The quantitative estimate of drug-likeness (QED) is 0.859. The van der Waals surface area contributed by atoms with Crippen LogP contribution < -0.4 is 5.73 Å². The first-order valence-electron chi connectivity index (χ1n) is 5.81. The number of sulfonamides is 1. The molecule has 0 spiro atoms. The highest BCUT2D eigenvalue weighted by atomic mass is 32.2. The van der Waals surface area contributed by atoms with Crippen LogP contribution in [0.15, 0.2) is 23.4 Å². The molecule has 1 aliphatic carbocycles. The van der Waals surface area contributed by atoms with Gasteiger partial charge in [-0.25, -0.2) is 12.8 Å². The molecule has 0 atom stereocenters. The maximum absolute atomic E-state index is 13.0. The molecular formula is C11H14FN3O2S. The minimum Gasteiger partial charge on any atom is -0.323 e. The maximum Gasteiger partial charge on any atom is 0.244 e. The molecular weight excluding hydrogens is 257 g/mol. The van der Waals surface area contributed by atoms with Crippen molar-refractivity contribution in [1.29, 1.82) is 0 Å². The van der Waals surface area contributed by atoms with Crippen molar-refractivity contribution in [1.82, 2.24) is 9.29 Å². The van der Waals surface area contributed by atoms with Crippen molar-refractivity contribution in [2.75, 3.05) is 13.1 Å². The Hall–Kier alpha value is -1.05. The van der Waals surface area contributed by atoms with Gasteiger partial charge in [0.05, 0.1) is 6.20 Å². The maximum atomic E-state index is 13.0. The predicted molar refractivity (Wildman–Crippen MR) is 62.6 cm³/mol. The van der Waals surface area contributed by atoms with E-state index in [0.717, 1.165) is 31.3 Å². The number of rotatable bonds is 3. The minimum atomic E-state index is -3.65. The zero-order valence-electron chi connectivity index (χ0n) is 9.71. The van der Waals surface area contributed by atoms with Gasteiger partial charge in [0.1, 0.15) is 10.7 Å². The molecule has 2 heterocycles. The van der Waals surface area contributed by atoms with Crippen molar-refractivity contribution in [2.45, 2.75) is 23.3 Å². The van der Waals surface area contributed by atoms with Crippen molar-refractivity contribution in [3.63, 3.8) is 0 Å². The Bertz CT molecular complexity index is 580. The first-order valence-corrected chi connectivity index (χ1v) is 7.25. The summed E-state index contributed by atoms with van der Waals surface area (Å²) in [7, 11) is -3.65. The van der Waals surface area contributed by atoms with E-state index in [2.05, 4.69) is 4.98 Å². The second kappa shape index (κ2) is 3.72. The van der Waals surface area contributed by atoms with Crippen LogP contribution in [0.4, 0.5) is 4.39 Å². The Labute approximate surface area is 105 Å². The highest BCUT2D eigenvalue weighted by Crippen LogP contribution is 2.44. The summed E-state index contributed by atoms with van der Waals surface area (Å²) >= 11 is 0. The van der Waals surface area contributed by atoms with Crippen molar-refractivity contribution in [3.8, 4) is 0 Å². The summed E-state index contributed by atoms with van der Waals surface area (Å²) < 4.78 is 38.6. The number of pyridine rings is 1. The van der Waals surface area contributed by atoms with E-state index in [9.17, 15) is 12.8 Å². The molecule has 0 radical (unpaired) electrons. The fraction of sp³-hybridized carbons (Fsp3) is 0.545. The third-order valence-electron chi connectivity index (χ3n) is 3.65. The van der Waals surface area contributed by atoms with Crippen LogP contribution in [0.25, 0.3) is 0 Å². The molecule has 1 aliphatic heterocycles. The van der Waals surface area contributed by atoms with Gasteiger partial charge in [0.15, 0.2) is 0 Å². The SMILES string of the molecule is NC1(C2CC2)CN(S(=O)(=O)c2cncc(F)c2)C1. The molecule has 2 aliphatic rings. The lowest BCUT2D eigenvalue weighted by Gasteiger charge is -2.47. The minimum absolute atomic E-state index is 0.111. The highest BCUT2D eigenvalue weighted by molar-refractivity contribution is 7.89. The Morgan fingerprint density at radius 3 is 2.61 bits per heavy atom. The fourth-order valence-corrected chi connectivity index (χ4v) is 3.95. The van der Waals surface area contributed by atoms with E-state index in [1.807, 2.05) is 0 Å². The summed E-state index contributed by atoms with van der Waals surface area (Å²) in [5.74, 6) is -0.215. The van der Waals surface area contributed by atoms with Crippen LogP contribution in [0.5, 0.6) is 0 Å². The van der Waals surface area contributed by atoms with Gasteiger partial charge < -0.3 is 5.73 Å². The largest absolute Gasteiger partial charge is 0.323 e. The summed E-state index contributed by atoms with van der Waals surface area (Å²) in [5.41, 5.74) is 5.73. The molecule has 0 bridgehead atoms. The van der Waals surface area contributed by atoms with Gasteiger partial charge in [-0.1, -0.05) is 0 Å². The Morgan fingerprint density at radius 1 is 1.39 bits per heavy atom. The van der Waals surface area contributed by atoms with E-state index in [4.69, 9.17) is 5.73 Å². The average Bonchev–Trinajstić information content (AvgIpc) is 3.08. The summed E-state index contributed by atoms with van der Waals surface area (Å²) in [4.78, 5) is 3.45. The topological polar surface area (TPSA) is 76.3 Å². The molecule has 18 heavy (non-hydrogen) atoms.